The van der Waals surface area contributed by atoms with E-state index in [0.717, 1.165) is 24.1 Å². The van der Waals surface area contributed by atoms with Gasteiger partial charge in [-0.15, -0.1) is 0 Å². The fourth-order valence-corrected chi connectivity index (χ4v) is 2.34. The molecule has 0 bridgehead atoms. The molecule has 1 amide bonds. The molecule has 0 heterocycles. The van der Waals surface area contributed by atoms with E-state index >= 15 is 0 Å². The van der Waals surface area contributed by atoms with Crippen LogP contribution in [-0.2, 0) is 32.0 Å². The summed E-state index contributed by atoms with van der Waals surface area (Å²) >= 11 is 0. The summed E-state index contributed by atoms with van der Waals surface area (Å²) in [4.78, 5) is 46.7. The van der Waals surface area contributed by atoms with Crippen LogP contribution in [0.1, 0.15) is 39.8 Å². The van der Waals surface area contributed by atoms with Crippen molar-refractivity contribution in [2.75, 3.05) is 5.32 Å². The number of Topliss-reactive ketones (excluding diaryl/α,β-unsaturated/α-hetero) is 1. The van der Waals surface area contributed by atoms with Crippen LogP contribution in [0, 0.1) is 5.92 Å². The van der Waals surface area contributed by atoms with Crippen molar-refractivity contribution >= 4 is 28.9 Å². The predicted molar refractivity (Wildman–Crippen MR) is 94.9 cm³/mol. The summed E-state index contributed by atoms with van der Waals surface area (Å²) in [5.74, 6) is -3.02. The molecule has 0 aliphatic heterocycles. The predicted octanol–water partition coefficient (Wildman–Crippen LogP) is 2.92. The second kappa shape index (κ2) is 8.91. The van der Waals surface area contributed by atoms with E-state index in [0.29, 0.717) is 11.3 Å². The van der Waals surface area contributed by atoms with Gasteiger partial charge in [-0.25, -0.2) is 0 Å². The van der Waals surface area contributed by atoms with Gasteiger partial charge >= 0.3 is 0 Å². The average Bonchev–Trinajstić information content (AvgIpc) is 2.79. The first-order chi connectivity index (χ1) is 10.4. The van der Waals surface area contributed by atoms with Gasteiger partial charge in [0.25, 0.3) is 0 Å². The average molecular weight is 331 g/mol. The van der Waals surface area contributed by atoms with Crippen LogP contribution >= 0.6 is 0 Å². The van der Waals surface area contributed by atoms with Crippen molar-refractivity contribution in [3.05, 3.63) is 41.5 Å². The molecular formula is C19H25NO4. The second-order valence-electron chi connectivity index (χ2n) is 5.28. The standard InChI is InChI=1S/C17H17NO4.2CH4/c1-3-11-4-5-12(8-10(2)19)13(9-11)18-17(22)16-14(20)6-7-15(16)21;;/h4-7,9,16H,3,8H2,1-2H3,(H,18,22);2*1H4. The van der Waals surface area contributed by atoms with Gasteiger partial charge in [0.1, 0.15) is 5.78 Å². The normalized spacial score (nSPS) is 13.2. The van der Waals surface area contributed by atoms with Gasteiger partial charge in [0.15, 0.2) is 17.5 Å². The number of carbonyl (C=O) groups is 4. The highest BCUT2D eigenvalue weighted by Crippen LogP contribution is 2.21. The number of anilines is 1. The van der Waals surface area contributed by atoms with E-state index in [1.807, 2.05) is 13.0 Å². The van der Waals surface area contributed by atoms with Crippen molar-refractivity contribution in [3.63, 3.8) is 0 Å². The number of nitrogens with one attached hydrogen (secondary N) is 1. The van der Waals surface area contributed by atoms with Crippen molar-refractivity contribution in [1.82, 2.24) is 0 Å². The second-order valence-corrected chi connectivity index (χ2v) is 5.28. The Morgan fingerprint density at radius 1 is 1.08 bits per heavy atom. The molecule has 0 fully saturated rings. The third kappa shape index (κ3) is 4.72. The summed E-state index contributed by atoms with van der Waals surface area (Å²) in [7, 11) is 0. The van der Waals surface area contributed by atoms with Crippen LogP contribution in [-0.4, -0.2) is 23.3 Å². The number of allylic oxidation sites excluding steroid dienone is 2. The minimum atomic E-state index is -1.31. The molecule has 0 saturated carbocycles. The minimum absolute atomic E-state index is 0. The lowest BCUT2D eigenvalue weighted by atomic mass is 10.0. The molecule has 0 radical (unpaired) electrons. The van der Waals surface area contributed by atoms with Crippen molar-refractivity contribution in [2.45, 2.75) is 41.5 Å². The molecular weight excluding hydrogens is 306 g/mol. The maximum Gasteiger partial charge on any atom is 0.243 e. The zero-order valence-electron chi connectivity index (χ0n) is 12.5. The molecule has 1 aromatic carbocycles. The van der Waals surface area contributed by atoms with Gasteiger partial charge in [-0.2, -0.15) is 0 Å². The van der Waals surface area contributed by atoms with Gasteiger partial charge in [-0.1, -0.05) is 33.9 Å². The molecule has 24 heavy (non-hydrogen) atoms. The molecule has 130 valence electrons. The summed E-state index contributed by atoms with van der Waals surface area (Å²) in [6, 6.07) is 5.45. The molecule has 1 N–H and O–H groups in total. The third-order valence-corrected chi connectivity index (χ3v) is 3.52. The lowest BCUT2D eigenvalue weighted by molar-refractivity contribution is -0.133. The van der Waals surface area contributed by atoms with Crippen molar-refractivity contribution in [3.8, 4) is 0 Å². The van der Waals surface area contributed by atoms with Gasteiger partial charge in [-0.3, -0.25) is 19.2 Å². The number of hydrogen-bond acceptors (Lipinski definition) is 4. The van der Waals surface area contributed by atoms with Gasteiger partial charge < -0.3 is 5.32 Å². The highest BCUT2D eigenvalue weighted by atomic mass is 16.2. The van der Waals surface area contributed by atoms with Crippen LogP contribution < -0.4 is 5.32 Å². The number of benzene rings is 1. The highest BCUT2D eigenvalue weighted by molar-refractivity contribution is 6.31. The molecule has 0 atom stereocenters. The maximum atomic E-state index is 12.2. The Balaban J connectivity index is 0.00000264. The Morgan fingerprint density at radius 3 is 2.17 bits per heavy atom. The van der Waals surface area contributed by atoms with Crippen LogP contribution in [0.2, 0.25) is 0 Å². The van der Waals surface area contributed by atoms with Crippen LogP contribution in [0.25, 0.3) is 0 Å². The maximum absolute atomic E-state index is 12.2. The smallest absolute Gasteiger partial charge is 0.243 e. The Kier molecular flexibility index (Phi) is 7.96. The van der Waals surface area contributed by atoms with Crippen LogP contribution in [0.4, 0.5) is 5.69 Å². The van der Waals surface area contributed by atoms with E-state index in [2.05, 4.69) is 5.32 Å². The zero-order chi connectivity index (χ0) is 16.3. The first-order valence-electron chi connectivity index (χ1n) is 7.10. The zero-order valence-corrected chi connectivity index (χ0v) is 12.5. The fourth-order valence-electron chi connectivity index (χ4n) is 2.34. The summed E-state index contributed by atoms with van der Waals surface area (Å²) in [5, 5.41) is 2.62. The minimum Gasteiger partial charge on any atom is -0.325 e. The number of rotatable bonds is 5. The molecule has 5 nitrogen and oxygen atoms in total. The molecule has 2 rings (SSSR count). The molecule has 0 spiro atoms. The van der Waals surface area contributed by atoms with Gasteiger partial charge in [0.2, 0.25) is 5.91 Å². The summed E-state index contributed by atoms with van der Waals surface area (Å²) < 4.78 is 0. The highest BCUT2D eigenvalue weighted by Gasteiger charge is 2.35. The lowest BCUT2D eigenvalue weighted by Gasteiger charge is -2.14. The van der Waals surface area contributed by atoms with Crippen LogP contribution in [0.5, 0.6) is 0 Å². The fraction of sp³-hybridized carbons (Fsp3) is 0.368. The Morgan fingerprint density at radius 2 is 1.67 bits per heavy atom. The Bertz CT molecular complexity index is 671. The molecule has 1 aliphatic rings. The van der Waals surface area contributed by atoms with Crippen LogP contribution in [0.3, 0.4) is 0 Å². The largest absolute Gasteiger partial charge is 0.325 e. The molecule has 0 saturated heterocycles. The quantitative estimate of drug-likeness (QED) is 0.841. The van der Waals surface area contributed by atoms with Crippen molar-refractivity contribution in [2.24, 2.45) is 5.92 Å². The molecule has 0 aromatic heterocycles. The number of amides is 1. The van der Waals surface area contributed by atoms with E-state index in [9.17, 15) is 19.2 Å². The molecule has 5 heteroatoms. The number of ketones is 3. The molecule has 1 aliphatic carbocycles. The summed E-state index contributed by atoms with van der Waals surface area (Å²) in [6.45, 7) is 3.44. The SMILES string of the molecule is C.C.CCc1ccc(CC(C)=O)c(NC(=O)C2C(=O)C=CC2=O)c1. The summed E-state index contributed by atoms with van der Waals surface area (Å²) in [6.07, 6.45) is 3.19. The van der Waals surface area contributed by atoms with Crippen LogP contribution in [0.15, 0.2) is 30.4 Å². The van der Waals surface area contributed by atoms with E-state index in [1.165, 1.54) is 6.92 Å². The first kappa shape index (κ1) is 21.4. The first-order valence-corrected chi connectivity index (χ1v) is 7.10. The van der Waals surface area contributed by atoms with Crippen molar-refractivity contribution in [1.29, 1.82) is 0 Å². The third-order valence-electron chi connectivity index (χ3n) is 3.52. The number of carbonyl (C=O) groups excluding carboxylic acids is 4. The van der Waals surface area contributed by atoms with Gasteiger partial charge in [-0.05, 0) is 42.7 Å². The summed E-state index contributed by atoms with van der Waals surface area (Å²) in [5.41, 5.74) is 2.14. The van der Waals surface area contributed by atoms with Crippen molar-refractivity contribution < 1.29 is 19.2 Å². The molecule has 0 unspecified atom stereocenters. The van der Waals surface area contributed by atoms with E-state index in [1.54, 1.807) is 12.1 Å². The molecule has 1 aromatic rings. The van der Waals surface area contributed by atoms with E-state index in [4.69, 9.17) is 0 Å². The topological polar surface area (TPSA) is 80.3 Å². The van der Waals surface area contributed by atoms with Gasteiger partial charge in [0, 0.05) is 12.1 Å². The lowest BCUT2D eigenvalue weighted by Crippen LogP contribution is -2.31. The van der Waals surface area contributed by atoms with E-state index < -0.39 is 23.4 Å². The van der Waals surface area contributed by atoms with Gasteiger partial charge in [0.05, 0.1) is 0 Å². The Labute approximate surface area is 143 Å². The number of hydrogen-bond donors (Lipinski definition) is 1. The Hall–Kier alpha value is -2.56. The monoisotopic (exact) mass is 331 g/mol. The van der Waals surface area contributed by atoms with E-state index in [-0.39, 0.29) is 27.1 Å². The number of aryl methyl sites for hydroxylation is 1.